The maximum Gasteiger partial charge on any atom is 0.281 e. The van der Waals surface area contributed by atoms with Gasteiger partial charge in [0.1, 0.15) is 5.15 Å². The first-order chi connectivity index (χ1) is 10.6. The molecular weight excluding hydrogens is 318 g/mol. The fourth-order valence-electron chi connectivity index (χ4n) is 1.98. The summed E-state index contributed by atoms with van der Waals surface area (Å²) in [6.45, 7) is 2.00. The molecule has 1 N–H and O–H groups in total. The Morgan fingerprint density at radius 3 is 3.00 bits per heavy atom. The molecule has 0 aliphatic rings. The number of nitrogens with one attached hydrogen (secondary N) is 1. The highest BCUT2D eigenvalue weighted by Gasteiger charge is 2.06. The molecule has 2 heterocycles. The number of benzene rings is 1. The molecule has 2 aromatic heterocycles. The van der Waals surface area contributed by atoms with Crippen LogP contribution in [0.1, 0.15) is 20.8 Å². The lowest BCUT2D eigenvalue weighted by Crippen LogP contribution is -2.16. The average Bonchev–Trinajstić information content (AvgIpc) is 3.02. The number of aromatic nitrogens is 1. The Morgan fingerprint density at radius 1 is 1.36 bits per heavy atom. The fourth-order valence-corrected chi connectivity index (χ4v) is 2.79. The van der Waals surface area contributed by atoms with Crippen LogP contribution in [0.15, 0.2) is 46.9 Å². The van der Waals surface area contributed by atoms with Crippen LogP contribution >= 0.6 is 22.9 Å². The molecule has 22 heavy (non-hydrogen) atoms. The van der Waals surface area contributed by atoms with Gasteiger partial charge in [-0.1, -0.05) is 29.8 Å². The van der Waals surface area contributed by atoms with Gasteiger partial charge >= 0.3 is 0 Å². The predicted molar refractivity (Wildman–Crippen MR) is 90.9 cm³/mol. The van der Waals surface area contributed by atoms with Gasteiger partial charge in [-0.2, -0.15) is 5.10 Å². The Bertz CT molecular complexity index is 859. The molecule has 0 fully saturated rings. The molecular formula is C16H12ClN3OS. The number of pyridine rings is 1. The highest BCUT2D eigenvalue weighted by atomic mass is 35.5. The first kappa shape index (κ1) is 14.7. The second kappa shape index (κ2) is 6.25. The quantitative estimate of drug-likeness (QED) is 0.448. The van der Waals surface area contributed by atoms with E-state index in [1.165, 1.54) is 17.6 Å². The largest absolute Gasteiger partial charge is 0.281 e. The van der Waals surface area contributed by atoms with Gasteiger partial charge in [0.15, 0.2) is 0 Å². The van der Waals surface area contributed by atoms with Gasteiger partial charge in [0.05, 0.1) is 16.6 Å². The summed E-state index contributed by atoms with van der Waals surface area (Å²) in [5.74, 6) is -0.244. The molecule has 110 valence electrons. The molecule has 0 atom stereocenters. The molecule has 1 amide bonds. The fraction of sp³-hybridized carbons (Fsp3) is 0.0625. The SMILES string of the molecule is Cc1ccc2cc(/C=N/NC(=O)c3cccs3)c(Cl)nc2c1. The zero-order valence-corrected chi connectivity index (χ0v) is 13.3. The molecule has 0 unspecified atom stereocenters. The Balaban J connectivity index is 1.81. The van der Waals surface area contributed by atoms with Gasteiger partial charge in [-0.3, -0.25) is 4.79 Å². The monoisotopic (exact) mass is 329 g/mol. The van der Waals surface area contributed by atoms with Crippen LogP contribution in [0.2, 0.25) is 5.15 Å². The van der Waals surface area contributed by atoms with Gasteiger partial charge in [0, 0.05) is 10.9 Å². The van der Waals surface area contributed by atoms with Crippen LogP contribution in [0.3, 0.4) is 0 Å². The van der Waals surface area contributed by atoms with E-state index in [4.69, 9.17) is 11.6 Å². The van der Waals surface area contributed by atoms with Crippen LogP contribution in [0, 0.1) is 6.92 Å². The lowest BCUT2D eigenvalue weighted by molar-refractivity contribution is 0.0959. The maximum absolute atomic E-state index is 11.8. The molecule has 4 nitrogen and oxygen atoms in total. The molecule has 1 aromatic carbocycles. The van der Waals surface area contributed by atoms with Crippen molar-refractivity contribution in [3.63, 3.8) is 0 Å². The van der Waals surface area contributed by atoms with Crippen molar-refractivity contribution in [2.24, 2.45) is 5.10 Å². The number of fused-ring (bicyclic) bond motifs is 1. The average molecular weight is 330 g/mol. The molecule has 0 saturated heterocycles. The van der Waals surface area contributed by atoms with Crippen molar-refractivity contribution in [3.05, 3.63) is 62.9 Å². The van der Waals surface area contributed by atoms with Crippen LogP contribution < -0.4 is 5.43 Å². The van der Waals surface area contributed by atoms with E-state index in [1.807, 2.05) is 42.6 Å². The highest BCUT2D eigenvalue weighted by molar-refractivity contribution is 7.12. The van der Waals surface area contributed by atoms with Crippen LogP contribution in [-0.4, -0.2) is 17.1 Å². The summed E-state index contributed by atoms with van der Waals surface area (Å²) in [5, 5.41) is 7.11. The van der Waals surface area contributed by atoms with E-state index in [2.05, 4.69) is 15.5 Å². The first-order valence-corrected chi connectivity index (χ1v) is 7.83. The number of carbonyl (C=O) groups excluding carboxylic acids is 1. The van der Waals surface area contributed by atoms with Crippen molar-refractivity contribution in [1.29, 1.82) is 0 Å². The Kier molecular flexibility index (Phi) is 4.18. The van der Waals surface area contributed by atoms with Crippen molar-refractivity contribution in [1.82, 2.24) is 10.4 Å². The number of thiophene rings is 1. The van der Waals surface area contributed by atoms with Crippen LogP contribution in [0.4, 0.5) is 0 Å². The third-order valence-electron chi connectivity index (χ3n) is 3.07. The summed E-state index contributed by atoms with van der Waals surface area (Å²) in [6, 6.07) is 11.4. The van der Waals surface area contributed by atoms with Gasteiger partial charge in [0.25, 0.3) is 5.91 Å². The van der Waals surface area contributed by atoms with E-state index in [9.17, 15) is 4.79 Å². The first-order valence-electron chi connectivity index (χ1n) is 6.57. The van der Waals surface area contributed by atoms with E-state index >= 15 is 0 Å². The van der Waals surface area contributed by atoms with Crippen molar-refractivity contribution >= 4 is 46.0 Å². The number of nitrogens with zero attached hydrogens (tertiary/aromatic N) is 2. The van der Waals surface area contributed by atoms with Crippen molar-refractivity contribution in [2.75, 3.05) is 0 Å². The van der Waals surface area contributed by atoms with E-state index in [0.29, 0.717) is 15.6 Å². The number of aryl methyl sites for hydroxylation is 1. The van der Waals surface area contributed by atoms with Crippen molar-refractivity contribution in [3.8, 4) is 0 Å². The number of carbonyl (C=O) groups is 1. The highest BCUT2D eigenvalue weighted by Crippen LogP contribution is 2.20. The molecule has 0 aliphatic carbocycles. The van der Waals surface area contributed by atoms with Crippen molar-refractivity contribution < 1.29 is 4.79 Å². The van der Waals surface area contributed by atoms with Gasteiger partial charge in [-0.15, -0.1) is 11.3 Å². The van der Waals surface area contributed by atoms with Crippen LogP contribution in [-0.2, 0) is 0 Å². The van der Waals surface area contributed by atoms with Gasteiger partial charge in [-0.25, -0.2) is 10.4 Å². The second-order valence-corrected chi connectivity index (χ2v) is 6.05. The Morgan fingerprint density at radius 2 is 2.23 bits per heavy atom. The minimum Gasteiger partial charge on any atom is -0.266 e. The second-order valence-electron chi connectivity index (χ2n) is 4.74. The number of hydrogen-bond acceptors (Lipinski definition) is 4. The smallest absolute Gasteiger partial charge is 0.266 e. The maximum atomic E-state index is 11.8. The van der Waals surface area contributed by atoms with E-state index in [0.717, 1.165) is 16.5 Å². The summed E-state index contributed by atoms with van der Waals surface area (Å²) in [6.07, 6.45) is 1.50. The van der Waals surface area contributed by atoms with Crippen LogP contribution in [0.5, 0.6) is 0 Å². The summed E-state index contributed by atoms with van der Waals surface area (Å²) < 4.78 is 0. The number of rotatable bonds is 3. The van der Waals surface area contributed by atoms with Gasteiger partial charge < -0.3 is 0 Å². The zero-order chi connectivity index (χ0) is 15.5. The van der Waals surface area contributed by atoms with E-state index < -0.39 is 0 Å². The lowest BCUT2D eigenvalue weighted by atomic mass is 10.1. The third kappa shape index (κ3) is 3.16. The summed E-state index contributed by atoms with van der Waals surface area (Å²) in [7, 11) is 0. The number of hydrogen-bond donors (Lipinski definition) is 1. The standard InChI is InChI=1S/C16H12ClN3OS/c1-10-4-5-11-8-12(15(17)19-13(11)7-10)9-18-20-16(21)14-3-2-6-22-14/h2-9H,1H3,(H,20,21)/b18-9+. The molecule has 3 aromatic rings. The number of halogens is 1. The lowest BCUT2D eigenvalue weighted by Gasteiger charge is -2.03. The summed E-state index contributed by atoms with van der Waals surface area (Å²) in [5.41, 5.74) is 5.09. The third-order valence-corrected chi connectivity index (χ3v) is 4.24. The molecule has 0 aliphatic heterocycles. The molecule has 0 spiro atoms. The summed E-state index contributed by atoms with van der Waals surface area (Å²) in [4.78, 5) is 16.7. The minimum atomic E-state index is -0.244. The summed E-state index contributed by atoms with van der Waals surface area (Å²) >= 11 is 7.52. The molecule has 6 heteroatoms. The van der Waals surface area contributed by atoms with Gasteiger partial charge in [-0.05, 0) is 36.1 Å². The molecule has 3 rings (SSSR count). The Labute approximate surface area is 136 Å². The normalized spacial score (nSPS) is 11.2. The predicted octanol–water partition coefficient (Wildman–Crippen LogP) is 4.02. The van der Waals surface area contributed by atoms with Crippen LogP contribution in [0.25, 0.3) is 10.9 Å². The molecule has 0 saturated carbocycles. The van der Waals surface area contributed by atoms with Crippen molar-refractivity contribution in [2.45, 2.75) is 6.92 Å². The van der Waals surface area contributed by atoms with E-state index in [1.54, 1.807) is 6.07 Å². The minimum absolute atomic E-state index is 0.244. The molecule has 0 radical (unpaired) electrons. The van der Waals surface area contributed by atoms with E-state index in [-0.39, 0.29) is 5.91 Å². The Hall–Kier alpha value is -2.24. The topological polar surface area (TPSA) is 54.4 Å². The van der Waals surface area contributed by atoms with Gasteiger partial charge in [0.2, 0.25) is 0 Å². The number of amides is 1. The number of hydrazone groups is 1. The molecule has 0 bridgehead atoms. The zero-order valence-electron chi connectivity index (χ0n) is 11.7.